The predicted molar refractivity (Wildman–Crippen MR) is 176 cm³/mol. The first-order chi connectivity index (χ1) is 21.9. The number of carbonyl (C=O) groups excluding carboxylic acids is 1. The van der Waals surface area contributed by atoms with Gasteiger partial charge in [-0.2, -0.15) is 27.1 Å². The SMILES string of the molecule is Nc1c(N=Nc2ccc(-c3ccc(N/N=C4\C=C(S(=O)(=O)O)c5ccccc5C4=O)cc3)cc2)cc(S(=O)(=O)O)c2ccccc12. The molecule has 5 N–H and O–H groups in total. The van der Waals surface area contributed by atoms with E-state index in [-0.39, 0.29) is 38.5 Å². The first-order valence-electron chi connectivity index (χ1n) is 13.5. The molecule has 1 aliphatic rings. The molecule has 230 valence electrons. The van der Waals surface area contributed by atoms with Gasteiger partial charge in [0.25, 0.3) is 20.2 Å². The van der Waals surface area contributed by atoms with Crippen LogP contribution in [0, 0.1) is 0 Å². The molecule has 0 aromatic heterocycles. The van der Waals surface area contributed by atoms with Gasteiger partial charge >= 0.3 is 0 Å². The lowest BCUT2D eigenvalue weighted by atomic mass is 9.95. The van der Waals surface area contributed by atoms with Crippen molar-refractivity contribution in [3.8, 4) is 11.1 Å². The Morgan fingerprint density at radius 2 is 1.26 bits per heavy atom. The van der Waals surface area contributed by atoms with Crippen molar-refractivity contribution in [2.24, 2.45) is 15.3 Å². The number of nitrogens with two attached hydrogens (primary N) is 1. The highest BCUT2D eigenvalue weighted by molar-refractivity contribution is 7.95. The Balaban J connectivity index is 1.19. The normalized spacial score (nSPS) is 14.4. The van der Waals surface area contributed by atoms with E-state index in [0.29, 0.717) is 16.8 Å². The first-order valence-corrected chi connectivity index (χ1v) is 16.4. The zero-order valence-corrected chi connectivity index (χ0v) is 25.2. The fraction of sp³-hybridized carbons (Fsp3) is 0. The van der Waals surface area contributed by atoms with E-state index in [1.807, 2.05) is 24.3 Å². The zero-order chi connectivity index (χ0) is 32.6. The maximum atomic E-state index is 12.9. The first kappa shape index (κ1) is 30.5. The van der Waals surface area contributed by atoms with Crippen molar-refractivity contribution in [3.05, 3.63) is 120 Å². The van der Waals surface area contributed by atoms with Crippen LogP contribution in [0.25, 0.3) is 26.8 Å². The highest BCUT2D eigenvalue weighted by Crippen LogP contribution is 2.37. The number of allylic oxidation sites excluding steroid dienone is 1. The number of rotatable bonds is 7. The molecule has 0 bridgehead atoms. The van der Waals surface area contributed by atoms with Crippen LogP contribution in [0.4, 0.5) is 22.7 Å². The van der Waals surface area contributed by atoms with Gasteiger partial charge in [-0.1, -0.05) is 72.8 Å². The minimum atomic E-state index is -4.60. The summed E-state index contributed by atoms with van der Waals surface area (Å²) < 4.78 is 67.2. The van der Waals surface area contributed by atoms with Crippen LogP contribution in [-0.2, 0) is 20.2 Å². The molecule has 0 saturated heterocycles. The number of benzene rings is 5. The molecule has 0 unspecified atom stereocenters. The Hall–Kier alpha value is -5.54. The average Bonchev–Trinajstić information content (AvgIpc) is 3.04. The van der Waals surface area contributed by atoms with Gasteiger partial charge in [-0.15, -0.1) is 5.11 Å². The van der Waals surface area contributed by atoms with Crippen LogP contribution in [0.2, 0.25) is 0 Å². The molecular formula is C32H23N5O7S2. The highest BCUT2D eigenvalue weighted by Gasteiger charge is 2.30. The molecule has 46 heavy (non-hydrogen) atoms. The monoisotopic (exact) mass is 653 g/mol. The summed E-state index contributed by atoms with van der Waals surface area (Å²) in [6.07, 6.45) is 1.03. The van der Waals surface area contributed by atoms with E-state index in [4.69, 9.17) is 5.73 Å². The number of nitrogens with one attached hydrogen (secondary N) is 1. The molecule has 0 heterocycles. The molecule has 12 nitrogen and oxygen atoms in total. The van der Waals surface area contributed by atoms with Gasteiger partial charge in [-0.25, -0.2) is 0 Å². The maximum Gasteiger partial charge on any atom is 0.295 e. The lowest BCUT2D eigenvalue weighted by molar-refractivity contribution is 0.106. The Labute approximate surface area is 263 Å². The number of hydrazone groups is 1. The fourth-order valence-electron chi connectivity index (χ4n) is 4.94. The number of nitrogen functional groups attached to an aromatic ring is 1. The molecule has 0 amide bonds. The Bertz CT molecular complexity index is 2350. The summed E-state index contributed by atoms with van der Waals surface area (Å²) in [7, 11) is -9.14. The number of ketones is 1. The van der Waals surface area contributed by atoms with Gasteiger partial charge in [0.2, 0.25) is 5.78 Å². The summed E-state index contributed by atoms with van der Waals surface area (Å²) in [6.45, 7) is 0. The molecule has 5 aromatic rings. The van der Waals surface area contributed by atoms with E-state index in [1.54, 1.807) is 60.7 Å². The molecule has 14 heteroatoms. The average molecular weight is 654 g/mol. The number of anilines is 2. The van der Waals surface area contributed by atoms with E-state index < -0.39 is 30.9 Å². The van der Waals surface area contributed by atoms with Crippen LogP contribution in [0.5, 0.6) is 0 Å². The van der Waals surface area contributed by atoms with Crippen LogP contribution in [-0.4, -0.2) is 37.4 Å². The summed E-state index contributed by atoms with van der Waals surface area (Å²) in [5.74, 6) is -0.494. The number of fused-ring (bicyclic) bond motifs is 2. The van der Waals surface area contributed by atoms with Crippen molar-refractivity contribution >= 4 is 70.2 Å². The third-order valence-electron chi connectivity index (χ3n) is 7.18. The number of carbonyl (C=O) groups is 1. The predicted octanol–water partition coefficient (Wildman–Crippen LogP) is 6.64. The second-order valence-electron chi connectivity index (χ2n) is 10.1. The van der Waals surface area contributed by atoms with Crippen molar-refractivity contribution in [2.75, 3.05) is 11.2 Å². The standard InChI is InChI=1S/C32H23N5O7S2/c33-31-25-7-3-1-5-23(25)29(45(39,40)41)17-27(31)36-34-21-13-9-19(10-14-21)20-11-15-22(16-12-20)35-37-28-18-30(46(42,43)44)24-6-2-4-8-26(24)32(28)38/h1-18,35H,33H2,(H,39,40,41)(H,42,43,44)/b36-34?,37-28+. The Kier molecular flexibility index (Phi) is 7.79. The lowest BCUT2D eigenvalue weighted by Gasteiger charge is -2.16. The van der Waals surface area contributed by atoms with Crippen LogP contribution in [0.3, 0.4) is 0 Å². The summed E-state index contributed by atoms with van der Waals surface area (Å²) in [5.41, 5.74) is 12.0. The minimum Gasteiger partial charge on any atom is -0.396 e. The summed E-state index contributed by atoms with van der Waals surface area (Å²) in [5, 5.41) is 13.1. The lowest BCUT2D eigenvalue weighted by Crippen LogP contribution is -2.22. The van der Waals surface area contributed by atoms with E-state index >= 15 is 0 Å². The van der Waals surface area contributed by atoms with E-state index in [1.165, 1.54) is 18.2 Å². The topological polar surface area (TPSA) is 201 Å². The summed E-state index contributed by atoms with van der Waals surface area (Å²) >= 11 is 0. The number of hydrogen-bond acceptors (Lipinski definition) is 10. The summed E-state index contributed by atoms with van der Waals surface area (Å²) in [6, 6.07) is 27.8. The van der Waals surface area contributed by atoms with Gasteiger partial charge in [0, 0.05) is 21.9 Å². The molecule has 1 aliphatic carbocycles. The van der Waals surface area contributed by atoms with Crippen molar-refractivity contribution in [1.82, 2.24) is 0 Å². The maximum absolute atomic E-state index is 12.9. The fourth-order valence-corrected chi connectivity index (χ4v) is 6.37. The highest BCUT2D eigenvalue weighted by atomic mass is 32.2. The van der Waals surface area contributed by atoms with Gasteiger partial charge in [-0.05, 0) is 47.5 Å². The number of hydrogen-bond donors (Lipinski definition) is 4. The molecule has 6 rings (SSSR count). The van der Waals surface area contributed by atoms with Crippen LogP contribution in [0.1, 0.15) is 15.9 Å². The van der Waals surface area contributed by atoms with Crippen LogP contribution in [0.15, 0.2) is 129 Å². The number of Topliss-reactive ketones (excluding diaryl/α,β-unsaturated/α-hetero) is 1. The van der Waals surface area contributed by atoms with Crippen LogP contribution >= 0.6 is 0 Å². The van der Waals surface area contributed by atoms with Gasteiger partial charge in [0.15, 0.2) is 0 Å². The van der Waals surface area contributed by atoms with Gasteiger partial charge in [0.05, 0.1) is 17.1 Å². The molecule has 0 aliphatic heterocycles. The molecule has 0 fully saturated rings. The second kappa shape index (κ2) is 11.8. The minimum absolute atomic E-state index is 0.0888. The third-order valence-corrected chi connectivity index (χ3v) is 8.97. The number of azo groups is 1. The largest absolute Gasteiger partial charge is 0.396 e. The summed E-state index contributed by atoms with van der Waals surface area (Å²) in [4.78, 5) is 12.2. The smallest absolute Gasteiger partial charge is 0.295 e. The zero-order valence-electron chi connectivity index (χ0n) is 23.6. The van der Waals surface area contributed by atoms with Crippen molar-refractivity contribution in [1.29, 1.82) is 0 Å². The van der Waals surface area contributed by atoms with Gasteiger partial charge < -0.3 is 5.73 Å². The van der Waals surface area contributed by atoms with Crippen LogP contribution < -0.4 is 11.2 Å². The van der Waals surface area contributed by atoms with E-state index in [9.17, 15) is 30.7 Å². The van der Waals surface area contributed by atoms with Crippen molar-refractivity contribution in [3.63, 3.8) is 0 Å². The Morgan fingerprint density at radius 1 is 0.674 bits per heavy atom. The molecule has 0 radical (unpaired) electrons. The van der Waals surface area contributed by atoms with Gasteiger partial charge in [0.1, 0.15) is 21.2 Å². The molecule has 5 aromatic carbocycles. The molecule has 0 saturated carbocycles. The molecule has 0 atom stereocenters. The van der Waals surface area contributed by atoms with Gasteiger partial charge in [-0.3, -0.25) is 19.3 Å². The molecule has 0 spiro atoms. The van der Waals surface area contributed by atoms with Crippen molar-refractivity contribution < 1.29 is 30.7 Å². The van der Waals surface area contributed by atoms with E-state index in [2.05, 4.69) is 20.8 Å². The quantitative estimate of drug-likeness (QED) is 0.0642. The van der Waals surface area contributed by atoms with E-state index in [0.717, 1.165) is 17.2 Å². The third kappa shape index (κ3) is 6.05. The van der Waals surface area contributed by atoms with Crippen molar-refractivity contribution in [2.45, 2.75) is 4.90 Å². The Morgan fingerprint density at radius 3 is 1.89 bits per heavy atom. The molecular weight excluding hydrogens is 631 g/mol. The number of nitrogens with zero attached hydrogens (tertiary/aromatic N) is 3. The second-order valence-corrected chi connectivity index (χ2v) is 12.9.